The van der Waals surface area contributed by atoms with E-state index in [1.807, 2.05) is 0 Å². The monoisotopic (exact) mass is 146 g/mol. The molecule has 58 valence electrons. The summed E-state index contributed by atoms with van der Waals surface area (Å²) < 4.78 is 0. The first kappa shape index (κ1) is 7.46. The summed E-state index contributed by atoms with van der Waals surface area (Å²) in [6.07, 6.45) is -0.0696. The van der Waals surface area contributed by atoms with Crippen LogP contribution >= 0.6 is 0 Å². The second-order valence-electron chi connectivity index (χ2n) is 2.29. The van der Waals surface area contributed by atoms with Gasteiger partial charge in [0.25, 0.3) is 0 Å². The first-order chi connectivity index (χ1) is 4.74. The van der Waals surface area contributed by atoms with E-state index in [1.54, 1.807) is 0 Å². The molecular formula is C5H10N2O3. The van der Waals surface area contributed by atoms with Gasteiger partial charge in [0.05, 0.1) is 6.10 Å². The lowest BCUT2D eigenvalue weighted by molar-refractivity contribution is -0.146. The lowest BCUT2D eigenvalue weighted by Crippen LogP contribution is -2.33. The summed E-state index contributed by atoms with van der Waals surface area (Å²) in [6, 6.07) is -0.431. The number of aliphatic hydroxyl groups excluding tert-OH is 1. The van der Waals surface area contributed by atoms with Gasteiger partial charge in [-0.2, -0.15) is 5.90 Å². The maximum absolute atomic E-state index is 10.6. The van der Waals surface area contributed by atoms with Crippen molar-refractivity contribution in [2.75, 3.05) is 6.54 Å². The summed E-state index contributed by atoms with van der Waals surface area (Å²) in [5.74, 6) is 4.11. The molecule has 0 saturated carbocycles. The first-order valence-corrected chi connectivity index (χ1v) is 3.06. The van der Waals surface area contributed by atoms with Crippen LogP contribution < -0.4 is 11.2 Å². The molecule has 5 nitrogen and oxygen atoms in total. The van der Waals surface area contributed by atoms with E-state index in [-0.39, 0.29) is 0 Å². The highest BCUT2D eigenvalue weighted by Crippen LogP contribution is 2.06. The van der Waals surface area contributed by atoms with Gasteiger partial charge in [-0.15, -0.1) is 0 Å². The molecule has 0 aromatic rings. The summed E-state index contributed by atoms with van der Waals surface area (Å²) in [4.78, 5) is 14.6. The number of nitrogens with one attached hydrogen (secondary N) is 1. The van der Waals surface area contributed by atoms with Crippen molar-refractivity contribution in [1.82, 2.24) is 5.32 Å². The highest BCUT2D eigenvalue weighted by atomic mass is 16.7. The summed E-state index contributed by atoms with van der Waals surface area (Å²) in [5.41, 5.74) is 0. The highest BCUT2D eigenvalue weighted by molar-refractivity contribution is 5.75. The molecule has 10 heavy (non-hydrogen) atoms. The normalized spacial score (nSPS) is 32.2. The fourth-order valence-corrected chi connectivity index (χ4v) is 0.979. The molecule has 4 N–H and O–H groups in total. The predicted molar refractivity (Wildman–Crippen MR) is 32.7 cm³/mol. The van der Waals surface area contributed by atoms with Gasteiger partial charge >= 0.3 is 5.97 Å². The number of β-amino-alcohol motifs (C(OH)–C–C–N with tert-alkyl or cyclic N) is 1. The largest absolute Gasteiger partial charge is 0.392 e. The number of carbonyl (C=O) groups is 1. The van der Waals surface area contributed by atoms with Gasteiger partial charge in [-0.05, 0) is 0 Å². The SMILES string of the molecule is NOC(=O)[C@@H]1CC(O)CN1. The lowest BCUT2D eigenvalue weighted by atomic mass is 10.2. The van der Waals surface area contributed by atoms with Gasteiger partial charge < -0.3 is 15.3 Å². The molecule has 1 aliphatic heterocycles. The Morgan fingerprint density at radius 1 is 1.80 bits per heavy atom. The van der Waals surface area contributed by atoms with Crippen LogP contribution in [0.15, 0.2) is 0 Å². The van der Waals surface area contributed by atoms with Gasteiger partial charge in [0.15, 0.2) is 0 Å². The number of hydrogen-bond acceptors (Lipinski definition) is 5. The van der Waals surface area contributed by atoms with E-state index < -0.39 is 18.1 Å². The van der Waals surface area contributed by atoms with E-state index in [0.29, 0.717) is 13.0 Å². The topological polar surface area (TPSA) is 84.6 Å². The highest BCUT2D eigenvalue weighted by Gasteiger charge is 2.28. The summed E-state index contributed by atoms with van der Waals surface area (Å²) in [5, 5.41) is 11.7. The van der Waals surface area contributed by atoms with Crippen LogP contribution in [0.2, 0.25) is 0 Å². The average Bonchev–Trinajstić information content (AvgIpc) is 2.34. The molecule has 0 radical (unpaired) electrons. The molecule has 0 aliphatic carbocycles. The fraction of sp³-hybridized carbons (Fsp3) is 0.800. The van der Waals surface area contributed by atoms with Gasteiger partial charge in [-0.3, -0.25) is 0 Å². The molecule has 0 amide bonds. The first-order valence-electron chi connectivity index (χ1n) is 3.06. The third-order valence-electron chi connectivity index (χ3n) is 1.51. The van der Waals surface area contributed by atoms with Crippen molar-refractivity contribution in [2.45, 2.75) is 18.6 Å². The third-order valence-corrected chi connectivity index (χ3v) is 1.51. The van der Waals surface area contributed by atoms with Gasteiger partial charge in [0.2, 0.25) is 0 Å². The number of rotatable bonds is 1. The minimum atomic E-state index is -0.517. The molecule has 0 spiro atoms. The standard InChI is InChI=1S/C5H10N2O3/c6-10-5(9)4-1-3(8)2-7-4/h3-4,7-8H,1-2,6H2/t3?,4-/m0/s1. The Labute approximate surface area is 58.1 Å². The second kappa shape index (κ2) is 2.96. The van der Waals surface area contributed by atoms with Crippen molar-refractivity contribution in [3.8, 4) is 0 Å². The van der Waals surface area contributed by atoms with Crippen LogP contribution in [0.25, 0.3) is 0 Å². The zero-order valence-electron chi connectivity index (χ0n) is 5.41. The molecule has 1 aliphatic rings. The van der Waals surface area contributed by atoms with Crippen molar-refractivity contribution >= 4 is 5.97 Å². The molecule has 0 aromatic heterocycles. The molecule has 1 rings (SSSR count). The van der Waals surface area contributed by atoms with Crippen LogP contribution in [-0.2, 0) is 9.63 Å². The Hall–Kier alpha value is -0.650. The van der Waals surface area contributed by atoms with Crippen molar-refractivity contribution in [2.24, 2.45) is 5.90 Å². The van der Waals surface area contributed by atoms with Gasteiger partial charge in [-0.1, -0.05) is 0 Å². The number of nitrogens with two attached hydrogens (primary N) is 1. The molecule has 1 unspecified atom stereocenters. The van der Waals surface area contributed by atoms with Crippen molar-refractivity contribution in [3.05, 3.63) is 0 Å². The molecule has 5 heteroatoms. The Kier molecular flexibility index (Phi) is 2.21. The minimum Gasteiger partial charge on any atom is -0.392 e. The molecule has 2 atom stereocenters. The van der Waals surface area contributed by atoms with Crippen molar-refractivity contribution in [3.63, 3.8) is 0 Å². The maximum atomic E-state index is 10.6. The maximum Gasteiger partial charge on any atom is 0.341 e. The molecule has 0 aromatic carbocycles. The van der Waals surface area contributed by atoms with Crippen LogP contribution in [0.1, 0.15) is 6.42 Å². The number of hydrogen-bond donors (Lipinski definition) is 3. The minimum absolute atomic E-state index is 0.385. The van der Waals surface area contributed by atoms with Gasteiger partial charge in [0.1, 0.15) is 6.04 Å². The average molecular weight is 146 g/mol. The third kappa shape index (κ3) is 1.44. The Morgan fingerprint density at radius 2 is 2.50 bits per heavy atom. The number of carbonyl (C=O) groups excluding carboxylic acids is 1. The molecule has 1 fully saturated rings. The van der Waals surface area contributed by atoms with Gasteiger partial charge in [0, 0.05) is 13.0 Å². The van der Waals surface area contributed by atoms with Crippen LogP contribution in [0, 0.1) is 0 Å². The quantitative estimate of drug-likeness (QED) is 0.377. The molecule has 0 bridgehead atoms. The van der Waals surface area contributed by atoms with Crippen molar-refractivity contribution in [1.29, 1.82) is 0 Å². The lowest BCUT2D eigenvalue weighted by Gasteiger charge is -2.04. The second-order valence-corrected chi connectivity index (χ2v) is 2.29. The molecular weight excluding hydrogens is 136 g/mol. The Morgan fingerprint density at radius 3 is 2.90 bits per heavy atom. The van der Waals surface area contributed by atoms with E-state index in [1.165, 1.54) is 0 Å². The van der Waals surface area contributed by atoms with E-state index in [9.17, 15) is 4.79 Å². The summed E-state index contributed by atoms with van der Waals surface area (Å²) in [6.45, 7) is 0.430. The van der Waals surface area contributed by atoms with Gasteiger partial charge in [-0.25, -0.2) is 4.79 Å². The predicted octanol–water partition coefficient (Wildman–Crippen LogP) is -1.87. The fourth-order valence-electron chi connectivity index (χ4n) is 0.979. The van der Waals surface area contributed by atoms with Crippen LogP contribution in [0.5, 0.6) is 0 Å². The van der Waals surface area contributed by atoms with Crippen LogP contribution in [0.3, 0.4) is 0 Å². The van der Waals surface area contributed by atoms with Crippen molar-refractivity contribution < 1.29 is 14.7 Å². The van der Waals surface area contributed by atoms with Crippen LogP contribution in [-0.4, -0.2) is 29.8 Å². The van der Waals surface area contributed by atoms with E-state index in [0.717, 1.165) is 0 Å². The molecule has 1 saturated heterocycles. The Bertz CT molecular complexity index is 139. The van der Waals surface area contributed by atoms with Crippen LogP contribution in [0.4, 0.5) is 0 Å². The summed E-state index contributed by atoms with van der Waals surface area (Å²) in [7, 11) is 0. The van der Waals surface area contributed by atoms with E-state index in [4.69, 9.17) is 5.11 Å². The smallest absolute Gasteiger partial charge is 0.341 e. The Balaban J connectivity index is 2.37. The zero-order valence-corrected chi connectivity index (χ0v) is 5.41. The number of aliphatic hydroxyl groups is 1. The van der Waals surface area contributed by atoms with E-state index in [2.05, 4.69) is 16.1 Å². The summed E-state index contributed by atoms with van der Waals surface area (Å²) >= 11 is 0. The molecule has 1 heterocycles. The zero-order chi connectivity index (χ0) is 7.56. The van der Waals surface area contributed by atoms with E-state index >= 15 is 0 Å².